The molecule has 3 amide bonds. The van der Waals surface area contributed by atoms with Crippen LogP contribution < -0.4 is 15.4 Å². The molecular weight excluding hydrogens is 458 g/mol. The number of fused-ring (bicyclic) bond motifs is 3. The Labute approximate surface area is 209 Å². The molecule has 5 rings (SSSR count). The second-order valence-electron chi connectivity index (χ2n) is 9.82. The maximum absolute atomic E-state index is 14.2. The van der Waals surface area contributed by atoms with Crippen LogP contribution in [0.3, 0.4) is 0 Å². The van der Waals surface area contributed by atoms with Gasteiger partial charge in [0, 0.05) is 24.5 Å². The van der Waals surface area contributed by atoms with Gasteiger partial charge in [0.1, 0.15) is 17.0 Å². The first kappa shape index (κ1) is 23.8. The lowest BCUT2D eigenvalue weighted by molar-refractivity contribution is -0.133. The smallest absolute Gasteiger partial charge is 0.274 e. The summed E-state index contributed by atoms with van der Waals surface area (Å²) < 4.78 is 7.26. The van der Waals surface area contributed by atoms with Gasteiger partial charge in [-0.3, -0.25) is 19.4 Å². The third kappa shape index (κ3) is 4.08. The molecule has 0 unspecified atom stereocenters. The number of amides is 3. The van der Waals surface area contributed by atoms with E-state index >= 15 is 0 Å². The monoisotopic (exact) mass is 489 g/mol. The van der Waals surface area contributed by atoms with Crippen molar-refractivity contribution in [1.29, 1.82) is 0 Å². The van der Waals surface area contributed by atoms with Crippen molar-refractivity contribution in [2.24, 2.45) is 0 Å². The molecule has 1 aliphatic carbocycles. The topological polar surface area (TPSA) is 106 Å². The van der Waals surface area contributed by atoms with Crippen LogP contribution in [-0.4, -0.2) is 50.9 Å². The summed E-state index contributed by atoms with van der Waals surface area (Å²) in [6.07, 6.45) is 5.74. The predicted octanol–water partition coefficient (Wildman–Crippen LogP) is 3.48. The van der Waals surface area contributed by atoms with Gasteiger partial charge in [0.2, 0.25) is 11.8 Å². The van der Waals surface area contributed by atoms with E-state index in [1.165, 1.54) is 6.92 Å². The molecule has 36 heavy (non-hydrogen) atoms. The van der Waals surface area contributed by atoms with Gasteiger partial charge in [-0.25, -0.2) is 0 Å². The van der Waals surface area contributed by atoms with Gasteiger partial charge in [0.25, 0.3) is 5.91 Å². The quantitative estimate of drug-likeness (QED) is 0.552. The highest BCUT2D eigenvalue weighted by Gasteiger charge is 2.49. The standard InChI is InChI=1S/C27H31N5O4/c1-17(33)29-23-21-14-20(36-3)11-12-22(21)31-16-27(2,26(35)30-18-8-4-5-9-18)32(25(34)24(23)31)15-19-10-6-7-13-28-19/h6-7,10-14,18H,4-5,8-9,15-16H2,1-3H3,(H,29,33)(H,30,35)/t27-/m1/s1. The average Bonchev–Trinajstić information content (AvgIpc) is 3.48. The molecule has 0 radical (unpaired) electrons. The molecule has 0 spiro atoms. The highest BCUT2D eigenvalue weighted by Crippen LogP contribution is 2.40. The zero-order valence-corrected chi connectivity index (χ0v) is 20.8. The Morgan fingerprint density at radius 2 is 1.97 bits per heavy atom. The number of nitrogens with one attached hydrogen (secondary N) is 2. The highest BCUT2D eigenvalue weighted by molar-refractivity contribution is 6.14. The average molecular weight is 490 g/mol. The summed E-state index contributed by atoms with van der Waals surface area (Å²) >= 11 is 0. The number of ether oxygens (including phenoxy) is 1. The molecule has 0 bridgehead atoms. The van der Waals surface area contributed by atoms with E-state index in [-0.39, 0.29) is 36.9 Å². The SMILES string of the molecule is COc1ccc2c(c1)c(NC(C)=O)c1n2C[C@](C)(C(=O)NC2CCCC2)N(Cc2ccccn2)C1=O. The minimum atomic E-state index is -1.16. The van der Waals surface area contributed by atoms with Crippen LogP contribution in [0.4, 0.5) is 5.69 Å². The number of hydrogen-bond acceptors (Lipinski definition) is 5. The molecule has 9 nitrogen and oxygen atoms in total. The van der Waals surface area contributed by atoms with E-state index in [1.54, 1.807) is 24.3 Å². The number of rotatable bonds is 6. The van der Waals surface area contributed by atoms with Gasteiger partial charge in [-0.1, -0.05) is 18.9 Å². The molecular formula is C27H31N5O4. The van der Waals surface area contributed by atoms with Crippen LogP contribution in [0.25, 0.3) is 10.9 Å². The summed E-state index contributed by atoms with van der Waals surface area (Å²) in [5, 5.41) is 6.75. The third-order valence-electron chi connectivity index (χ3n) is 7.31. The number of anilines is 1. The van der Waals surface area contributed by atoms with Crippen molar-refractivity contribution in [3.63, 3.8) is 0 Å². The Hall–Kier alpha value is -3.88. The van der Waals surface area contributed by atoms with Gasteiger partial charge in [0.15, 0.2) is 0 Å². The van der Waals surface area contributed by atoms with Crippen molar-refractivity contribution < 1.29 is 19.1 Å². The lowest BCUT2D eigenvalue weighted by Gasteiger charge is -2.44. The second-order valence-corrected chi connectivity index (χ2v) is 9.82. The van der Waals surface area contributed by atoms with E-state index in [4.69, 9.17) is 4.74 Å². The fourth-order valence-corrected chi connectivity index (χ4v) is 5.40. The number of carbonyl (C=O) groups excluding carboxylic acids is 3. The summed E-state index contributed by atoms with van der Waals surface area (Å²) in [4.78, 5) is 46.2. The molecule has 1 aromatic carbocycles. The summed E-state index contributed by atoms with van der Waals surface area (Å²) in [7, 11) is 1.57. The molecule has 1 saturated carbocycles. The normalized spacial score (nSPS) is 19.9. The van der Waals surface area contributed by atoms with Crippen molar-refractivity contribution in [2.75, 3.05) is 12.4 Å². The summed E-state index contributed by atoms with van der Waals surface area (Å²) in [5.41, 5.74) is 1.03. The summed E-state index contributed by atoms with van der Waals surface area (Å²) in [6, 6.07) is 11.1. The summed E-state index contributed by atoms with van der Waals surface area (Å²) in [6.45, 7) is 3.63. The first-order valence-electron chi connectivity index (χ1n) is 12.3. The van der Waals surface area contributed by atoms with E-state index in [0.717, 1.165) is 31.2 Å². The lowest BCUT2D eigenvalue weighted by Crippen LogP contribution is -2.64. The van der Waals surface area contributed by atoms with Crippen LogP contribution in [0, 0.1) is 0 Å². The Morgan fingerprint density at radius 1 is 1.19 bits per heavy atom. The van der Waals surface area contributed by atoms with Gasteiger partial charge >= 0.3 is 0 Å². The predicted molar refractivity (Wildman–Crippen MR) is 136 cm³/mol. The van der Waals surface area contributed by atoms with Crippen LogP contribution in [-0.2, 0) is 22.7 Å². The minimum absolute atomic E-state index is 0.114. The molecule has 3 heterocycles. The van der Waals surface area contributed by atoms with Crippen molar-refractivity contribution in [1.82, 2.24) is 19.8 Å². The Balaban J connectivity index is 1.66. The molecule has 1 fully saturated rings. The molecule has 2 aromatic heterocycles. The maximum Gasteiger partial charge on any atom is 0.274 e. The van der Waals surface area contributed by atoms with Crippen LogP contribution in [0.1, 0.15) is 55.7 Å². The first-order valence-corrected chi connectivity index (χ1v) is 12.3. The van der Waals surface area contributed by atoms with Gasteiger partial charge in [-0.05, 0) is 50.1 Å². The largest absolute Gasteiger partial charge is 0.497 e. The van der Waals surface area contributed by atoms with Crippen LogP contribution in [0.15, 0.2) is 42.6 Å². The third-order valence-corrected chi connectivity index (χ3v) is 7.31. The molecule has 2 aliphatic rings. The van der Waals surface area contributed by atoms with Crippen molar-refractivity contribution in [3.05, 3.63) is 54.0 Å². The number of benzene rings is 1. The van der Waals surface area contributed by atoms with E-state index in [1.807, 2.05) is 41.8 Å². The zero-order chi connectivity index (χ0) is 25.4. The van der Waals surface area contributed by atoms with Crippen LogP contribution in [0.2, 0.25) is 0 Å². The number of carbonyl (C=O) groups is 3. The van der Waals surface area contributed by atoms with Crippen LogP contribution >= 0.6 is 0 Å². The zero-order valence-electron chi connectivity index (χ0n) is 20.8. The lowest BCUT2D eigenvalue weighted by atomic mass is 9.93. The van der Waals surface area contributed by atoms with Gasteiger partial charge in [-0.15, -0.1) is 0 Å². The number of hydrogen-bond donors (Lipinski definition) is 2. The van der Waals surface area contributed by atoms with E-state index in [0.29, 0.717) is 28.2 Å². The Morgan fingerprint density at radius 3 is 2.64 bits per heavy atom. The second kappa shape index (κ2) is 9.29. The maximum atomic E-state index is 14.2. The Bertz CT molecular complexity index is 1330. The molecule has 1 atom stereocenters. The van der Waals surface area contributed by atoms with E-state index in [2.05, 4.69) is 15.6 Å². The molecule has 9 heteroatoms. The molecule has 2 N–H and O–H groups in total. The minimum Gasteiger partial charge on any atom is -0.497 e. The number of aromatic nitrogens is 2. The van der Waals surface area contributed by atoms with Crippen molar-refractivity contribution >= 4 is 34.3 Å². The summed E-state index contributed by atoms with van der Waals surface area (Å²) in [5.74, 6) is -0.197. The van der Waals surface area contributed by atoms with Gasteiger partial charge in [0.05, 0.1) is 37.1 Å². The molecule has 0 saturated heterocycles. The highest BCUT2D eigenvalue weighted by atomic mass is 16.5. The first-order chi connectivity index (χ1) is 17.3. The fraction of sp³-hybridized carbons (Fsp3) is 0.407. The van der Waals surface area contributed by atoms with Gasteiger partial charge in [-0.2, -0.15) is 0 Å². The fourth-order valence-electron chi connectivity index (χ4n) is 5.40. The number of nitrogens with zero attached hydrogens (tertiary/aromatic N) is 3. The van der Waals surface area contributed by atoms with E-state index < -0.39 is 5.54 Å². The Kier molecular flexibility index (Phi) is 6.15. The molecule has 188 valence electrons. The van der Waals surface area contributed by atoms with E-state index in [9.17, 15) is 14.4 Å². The number of pyridine rings is 1. The van der Waals surface area contributed by atoms with Crippen molar-refractivity contribution in [2.45, 2.75) is 64.2 Å². The van der Waals surface area contributed by atoms with Crippen molar-refractivity contribution in [3.8, 4) is 5.75 Å². The number of methoxy groups -OCH3 is 1. The van der Waals surface area contributed by atoms with Gasteiger partial charge < -0.3 is 24.8 Å². The molecule has 1 aliphatic heterocycles. The van der Waals surface area contributed by atoms with Crippen LogP contribution in [0.5, 0.6) is 5.75 Å². The molecule has 3 aromatic rings.